The summed E-state index contributed by atoms with van der Waals surface area (Å²) in [5, 5.41) is 12.5. The van der Waals surface area contributed by atoms with Gasteiger partial charge in [0.15, 0.2) is 10.8 Å². The Hall–Kier alpha value is -2.45. The fourth-order valence-corrected chi connectivity index (χ4v) is 5.34. The number of carbonyl (C=O) groups excluding carboxylic acids is 1. The van der Waals surface area contributed by atoms with Crippen molar-refractivity contribution in [3.63, 3.8) is 0 Å². The van der Waals surface area contributed by atoms with Crippen LogP contribution in [0.3, 0.4) is 0 Å². The van der Waals surface area contributed by atoms with Gasteiger partial charge in [-0.25, -0.2) is 0 Å². The molecule has 1 unspecified atom stereocenters. The Morgan fingerprint density at radius 3 is 3.04 bits per heavy atom. The van der Waals surface area contributed by atoms with Crippen LogP contribution in [-0.4, -0.2) is 41.8 Å². The van der Waals surface area contributed by atoms with E-state index in [0.29, 0.717) is 30.0 Å². The summed E-state index contributed by atoms with van der Waals surface area (Å²) in [7, 11) is 1.60. The Bertz CT molecular complexity index is 1000. The first-order valence-electron chi connectivity index (χ1n) is 8.68. The Balaban J connectivity index is 1.38. The van der Waals surface area contributed by atoms with E-state index in [1.165, 1.54) is 0 Å². The fourth-order valence-electron chi connectivity index (χ4n) is 3.68. The summed E-state index contributed by atoms with van der Waals surface area (Å²) in [6.45, 7) is 1.45. The maximum absolute atomic E-state index is 12.7. The summed E-state index contributed by atoms with van der Waals surface area (Å²) in [5.41, 5.74) is 0.113. The molecule has 2 aliphatic rings. The van der Waals surface area contributed by atoms with Crippen molar-refractivity contribution in [1.82, 2.24) is 10.2 Å². The average molecular weight is 399 g/mol. The molecule has 1 spiro atoms. The third kappa shape index (κ3) is 2.89. The number of rotatable bonds is 3. The van der Waals surface area contributed by atoms with Gasteiger partial charge in [0.25, 0.3) is 0 Å². The Labute approximate surface area is 164 Å². The molecule has 1 saturated heterocycles. The lowest BCUT2D eigenvalue weighted by molar-refractivity contribution is 0.0537. The number of thiophene rings is 1. The zero-order chi connectivity index (χ0) is 18.4. The molecule has 6 nitrogen and oxygen atoms in total. The molecule has 2 aliphatic heterocycles. The number of ether oxygens (including phenoxy) is 2. The molecule has 1 atom stereocenters. The molecule has 0 aliphatic carbocycles. The van der Waals surface area contributed by atoms with Crippen LogP contribution in [-0.2, 0) is 0 Å². The lowest BCUT2D eigenvalue weighted by Crippen LogP contribution is -2.44. The van der Waals surface area contributed by atoms with E-state index in [9.17, 15) is 4.79 Å². The van der Waals surface area contributed by atoms with Gasteiger partial charge in [0.1, 0.15) is 17.1 Å². The maximum Gasteiger partial charge on any atom is 0.208 e. The van der Waals surface area contributed by atoms with Gasteiger partial charge in [-0.15, -0.1) is 21.5 Å². The lowest BCUT2D eigenvalue weighted by Gasteiger charge is -2.34. The molecule has 0 N–H and O–H groups in total. The maximum atomic E-state index is 12.7. The molecular formula is C19H17N3O3S2. The van der Waals surface area contributed by atoms with E-state index in [1.807, 2.05) is 23.6 Å². The van der Waals surface area contributed by atoms with Crippen molar-refractivity contribution in [2.75, 3.05) is 25.1 Å². The van der Waals surface area contributed by atoms with Crippen LogP contribution >= 0.6 is 22.7 Å². The second-order valence-corrected chi connectivity index (χ2v) is 8.69. The quantitative estimate of drug-likeness (QED) is 0.666. The van der Waals surface area contributed by atoms with E-state index in [1.54, 1.807) is 35.8 Å². The fraction of sp³-hybridized carbons (Fsp3) is 0.316. The van der Waals surface area contributed by atoms with E-state index in [2.05, 4.69) is 21.2 Å². The highest BCUT2D eigenvalue weighted by atomic mass is 32.1. The second kappa shape index (κ2) is 6.31. The summed E-state index contributed by atoms with van der Waals surface area (Å²) >= 11 is 3.24. The molecule has 4 heterocycles. The van der Waals surface area contributed by atoms with E-state index < -0.39 is 5.60 Å². The minimum absolute atomic E-state index is 0.105. The third-order valence-corrected chi connectivity index (χ3v) is 7.05. The third-order valence-electron chi connectivity index (χ3n) is 5.03. The van der Waals surface area contributed by atoms with E-state index in [-0.39, 0.29) is 5.78 Å². The number of aromatic nitrogens is 2. The van der Waals surface area contributed by atoms with Crippen molar-refractivity contribution in [3.05, 3.63) is 41.3 Å². The van der Waals surface area contributed by atoms with Gasteiger partial charge in [0.05, 0.1) is 30.5 Å². The van der Waals surface area contributed by atoms with Gasteiger partial charge in [-0.2, -0.15) is 0 Å². The van der Waals surface area contributed by atoms with Crippen LogP contribution in [0, 0.1) is 0 Å². The molecule has 8 heteroatoms. The van der Waals surface area contributed by atoms with Gasteiger partial charge in [-0.05, 0) is 29.6 Å². The van der Waals surface area contributed by atoms with Gasteiger partial charge < -0.3 is 14.4 Å². The first kappa shape index (κ1) is 16.7. The monoisotopic (exact) mass is 399 g/mol. The molecule has 138 valence electrons. The first-order chi connectivity index (χ1) is 13.2. The molecule has 1 fully saturated rings. The van der Waals surface area contributed by atoms with Gasteiger partial charge >= 0.3 is 0 Å². The number of Topliss-reactive ketones (excluding diaryl/α,β-unsaturated/α-hetero) is 1. The Morgan fingerprint density at radius 1 is 1.30 bits per heavy atom. The highest BCUT2D eigenvalue weighted by Gasteiger charge is 2.46. The largest absolute Gasteiger partial charge is 0.497 e. The van der Waals surface area contributed by atoms with Crippen LogP contribution in [0.15, 0.2) is 35.7 Å². The number of hydrogen-bond donors (Lipinski definition) is 0. The smallest absolute Gasteiger partial charge is 0.208 e. The second-order valence-electron chi connectivity index (χ2n) is 6.79. The summed E-state index contributed by atoms with van der Waals surface area (Å²) in [4.78, 5) is 16.0. The number of fused-ring (bicyclic) bond motifs is 1. The Kier molecular flexibility index (Phi) is 3.91. The predicted octanol–water partition coefficient (Wildman–Crippen LogP) is 3.89. The zero-order valence-corrected chi connectivity index (χ0v) is 16.3. The van der Waals surface area contributed by atoms with Crippen LogP contribution in [0.25, 0.3) is 9.88 Å². The minimum atomic E-state index is -0.493. The van der Waals surface area contributed by atoms with Gasteiger partial charge in [0.2, 0.25) is 5.13 Å². The van der Waals surface area contributed by atoms with Gasteiger partial charge in [-0.3, -0.25) is 4.79 Å². The molecule has 2 aromatic heterocycles. The number of nitrogens with zero attached hydrogens (tertiary/aromatic N) is 3. The SMILES string of the molecule is COc1ccc2c(c1)C(=O)CC1(CCN(c3nnc(-c4cccs4)s3)C1)O2. The topological polar surface area (TPSA) is 64.5 Å². The van der Waals surface area contributed by atoms with Crippen LogP contribution in [0.2, 0.25) is 0 Å². The molecule has 0 radical (unpaired) electrons. The molecule has 0 saturated carbocycles. The van der Waals surface area contributed by atoms with Crippen molar-refractivity contribution in [3.8, 4) is 21.4 Å². The van der Waals surface area contributed by atoms with Crippen LogP contribution in [0.4, 0.5) is 5.13 Å². The van der Waals surface area contributed by atoms with Gasteiger partial charge in [-0.1, -0.05) is 17.4 Å². The van der Waals surface area contributed by atoms with E-state index in [0.717, 1.165) is 28.0 Å². The summed E-state index contributed by atoms with van der Waals surface area (Å²) in [6.07, 6.45) is 1.17. The zero-order valence-electron chi connectivity index (χ0n) is 14.7. The molecule has 27 heavy (non-hydrogen) atoms. The number of methoxy groups -OCH3 is 1. The molecule has 0 amide bonds. The number of anilines is 1. The Morgan fingerprint density at radius 2 is 2.22 bits per heavy atom. The lowest BCUT2D eigenvalue weighted by atomic mass is 9.89. The van der Waals surface area contributed by atoms with E-state index in [4.69, 9.17) is 9.47 Å². The summed E-state index contributed by atoms with van der Waals surface area (Å²) in [6, 6.07) is 9.48. The van der Waals surface area contributed by atoms with Crippen LogP contribution in [0.5, 0.6) is 11.5 Å². The van der Waals surface area contributed by atoms with Crippen molar-refractivity contribution >= 4 is 33.6 Å². The van der Waals surface area contributed by atoms with Crippen molar-refractivity contribution in [1.29, 1.82) is 0 Å². The van der Waals surface area contributed by atoms with Crippen LogP contribution in [0.1, 0.15) is 23.2 Å². The normalized spacial score (nSPS) is 21.4. The molecule has 1 aromatic carbocycles. The standard InChI is InChI=1S/C19H17N3O3S2/c1-24-12-4-5-15-13(9-12)14(23)10-19(25-15)6-7-22(11-19)18-21-20-17(27-18)16-3-2-8-26-16/h2-5,8-9H,6-7,10-11H2,1H3. The van der Waals surface area contributed by atoms with Crippen LogP contribution < -0.4 is 14.4 Å². The highest BCUT2D eigenvalue weighted by Crippen LogP contribution is 2.42. The van der Waals surface area contributed by atoms with Crippen molar-refractivity contribution in [2.45, 2.75) is 18.4 Å². The number of ketones is 1. The molecule has 0 bridgehead atoms. The van der Waals surface area contributed by atoms with Crippen molar-refractivity contribution < 1.29 is 14.3 Å². The van der Waals surface area contributed by atoms with Crippen molar-refractivity contribution in [2.24, 2.45) is 0 Å². The molecule has 5 rings (SSSR count). The highest BCUT2D eigenvalue weighted by molar-refractivity contribution is 7.22. The predicted molar refractivity (Wildman–Crippen MR) is 105 cm³/mol. The number of benzene rings is 1. The first-order valence-corrected chi connectivity index (χ1v) is 10.4. The average Bonchev–Trinajstić information content (AvgIpc) is 3.42. The van der Waals surface area contributed by atoms with Gasteiger partial charge in [0, 0.05) is 13.0 Å². The number of carbonyl (C=O) groups is 1. The minimum Gasteiger partial charge on any atom is -0.497 e. The van der Waals surface area contributed by atoms with E-state index >= 15 is 0 Å². The number of hydrogen-bond acceptors (Lipinski definition) is 8. The summed E-state index contributed by atoms with van der Waals surface area (Å²) in [5.74, 6) is 1.42. The molecular weight excluding hydrogens is 382 g/mol. The molecule has 3 aromatic rings. The summed E-state index contributed by atoms with van der Waals surface area (Å²) < 4.78 is 11.5.